The molecule has 116 valence electrons. The molecule has 0 aliphatic rings. The Bertz CT molecular complexity index is 674. The molecule has 2 aromatic carbocycles. The van der Waals surface area contributed by atoms with Crippen LogP contribution in [0.2, 0.25) is 0 Å². The van der Waals surface area contributed by atoms with E-state index in [1.165, 1.54) is 12.1 Å². The molecular formula is C16H15Cl2NO3. The molecule has 4 nitrogen and oxygen atoms in total. The first-order valence-electron chi connectivity index (χ1n) is 6.56. The van der Waals surface area contributed by atoms with Crippen LogP contribution in [0.3, 0.4) is 0 Å². The normalized spacial score (nSPS) is 12.9. The second-order valence-electron chi connectivity index (χ2n) is 4.93. The fourth-order valence-corrected chi connectivity index (χ4v) is 2.77. The lowest BCUT2D eigenvalue weighted by Gasteiger charge is -2.24. The topological polar surface area (TPSA) is 83.5 Å². The highest BCUT2D eigenvalue weighted by molar-refractivity contribution is 6.50. The van der Waals surface area contributed by atoms with Gasteiger partial charge in [0.25, 0.3) is 0 Å². The van der Waals surface area contributed by atoms with Crippen molar-refractivity contribution in [3.05, 3.63) is 65.2 Å². The van der Waals surface area contributed by atoms with Gasteiger partial charge in [0, 0.05) is 0 Å². The van der Waals surface area contributed by atoms with Gasteiger partial charge in [0.2, 0.25) is 0 Å². The number of carbonyl (C=O) groups is 1. The van der Waals surface area contributed by atoms with E-state index in [1.807, 2.05) is 6.07 Å². The third kappa shape index (κ3) is 3.53. The van der Waals surface area contributed by atoms with Gasteiger partial charge in [-0.1, -0.05) is 59.6 Å². The van der Waals surface area contributed by atoms with Crippen molar-refractivity contribution >= 4 is 29.2 Å². The molecule has 0 saturated carbocycles. The van der Waals surface area contributed by atoms with Gasteiger partial charge in [0.15, 0.2) is 4.33 Å². The van der Waals surface area contributed by atoms with E-state index in [2.05, 4.69) is 0 Å². The number of phenols is 1. The van der Waals surface area contributed by atoms with Crippen molar-refractivity contribution in [1.29, 1.82) is 0 Å². The standard InChI is InChI=1S/C16H15Cl2NO3/c17-16(18,11-4-2-1-3-5-11)13-9-12(20)7-6-10(13)8-14(19)15(21)22/h1-7,9,14,20H,8,19H2,(H,21,22)/t14-/m1/s1. The Balaban J connectivity index is 2.49. The number of hydrogen-bond acceptors (Lipinski definition) is 3. The van der Waals surface area contributed by atoms with Gasteiger partial charge in [0.1, 0.15) is 11.8 Å². The fourth-order valence-electron chi connectivity index (χ4n) is 2.16. The summed E-state index contributed by atoms with van der Waals surface area (Å²) in [5.74, 6) is -1.13. The number of halogens is 2. The van der Waals surface area contributed by atoms with Crippen molar-refractivity contribution in [1.82, 2.24) is 0 Å². The van der Waals surface area contributed by atoms with Gasteiger partial charge in [-0.3, -0.25) is 4.79 Å². The van der Waals surface area contributed by atoms with Gasteiger partial charge in [0.05, 0.1) is 0 Å². The highest BCUT2D eigenvalue weighted by Crippen LogP contribution is 2.43. The van der Waals surface area contributed by atoms with Crippen LogP contribution in [0, 0.1) is 0 Å². The maximum absolute atomic E-state index is 11.0. The third-order valence-corrected chi connectivity index (χ3v) is 4.17. The van der Waals surface area contributed by atoms with E-state index in [0.717, 1.165) is 0 Å². The second kappa shape index (κ2) is 6.57. The minimum absolute atomic E-state index is 0.00995. The van der Waals surface area contributed by atoms with Gasteiger partial charge < -0.3 is 15.9 Å². The molecule has 0 aromatic heterocycles. The molecule has 0 amide bonds. The molecule has 1 atom stereocenters. The fraction of sp³-hybridized carbons (Fsp3) is 0.188. The van der Waals surface area contributed by atoms with E-state index in [9.17, 15) is 9.90 Å². The first-order valence-corrected chi connectivity index (χ1v) is 7.32. The molecule has 2 aromatic rings. The Hall–Kier alpha value is -1.75. The summed E-state index contributed by atoms with van der Waals surface area (Å²) in [7, 11) is 0. The number of aromatic hydroxyl groups is 1. The maximum atomic E-state index is 11.0. The zero-order chi connectivity index (χ0) is 16.3. The maximum Gasteiger partial charge on any atom is 0.320 e. The van der Waals surface area contributed by atoms with E-state index in [1.54, 1.807) is 30.3 Å². The van der Waals surface area contributed by atoms with E-state index < -0.39 is 16.3 Å². The average molecular weight is 340 g/mol. The second-order valence-corrected chi connectivity index (χ2v) is 6.26. The minimum atomic E-state index is -1.42. The first-order chi connectivity index (χ1) is 10.3. The van der Waals surface area contributed by atoms with Crippen LogP contribution in [0.4, 0.5) is 0 Å². The summed E-state index contributed by atoms with van der Waals surface area (Å²) in [6.07, 6.45) is 0.0545. The largest absolute Gasteiger partial charge is 0.508 e. The van der Waals surface area contributed by atoms with Crippen LogP contribution >= 0.6 is 23.2 Å². The van der Waals surface area contributed by atoms with Crippen molar-refractivity contribution in [3.63, 3.8) is 0 Å². The molecule has 0 aliphatic carbocycles. The number of carboxylic acid groups (broad SMARTS) is 1. The SMILES string of the molecule is N[C@H](Cc1ccc(O)cc1C(Cl)(Cl)c1ccccc1)C(=O)O. The Morgan fingerprint density at radius 1 is 1.18 bits per heavy atom. The predicted octanol–water partition coefficient (Wildman–Crippen LogP) is 3.03. The van der Waals surface area contributed by atoms with Crippen LogP contribution in [-0.2, 0) is 15.5 Å². The predicted molar refractivity (Wildman–Crippen MR) is 86.4 cm³/mol. The molecule has 6 heteroatoms. The van der Waals surface area contributed by atoms with E-state index in [-0.39, 0.29) is 12.2 Å². The number of nitrogens with two attached hydrogens (primary N) is 1. The minimum Gasteiger partial charge on any atom is -0.508 e. The quantitative estimate of drug-likeness (QED) is 0.731. The van der Waals surface area contributed by atoms with Crippen molar-refractivity contribution < 1.29 is 15.0 Å². The van der Waals surface area contributed by atoms with Crippen LogP contribution in [-0.4, -0.2) is 22.2 Å². The van der Waals surface area contributed by atoms with Crippen molar-refractivity contribution in [2.24, 2.45) is 5.73 Å². The molecule has 0 radical (unpaired) electrons. The van der Waals surface area contributed by atoms with Crippen LogP contribution in [0.1, 0.15) is 16.7 Å². The van der Waals surface area contributed by atoms with Crippen LogP contribution in [0.15, 0.2) is 48.5 Å². The number of benzene rings is 2. The van der Waals surface area contributed by atoms with Crippen LogP contribution < -0.4 is 5.73 Å². The van der Waals surface area contributed by atoms with E-state index in [4.69, 9.17) is 34.0 Å². The number of alkyl halides is 2. The number of phenolic OH excluding ortho intramolecular Hbond substituents is 1. The lowest BCUT2D eigenvalue weighted by Crippen LogP contribution is -2.33. The third-order valence-electron chi connectivity index (χ3n) is 3.33. The van der Waals surface area contributed by atoms with E-state index >= 15 is 0 Å². The van der Waals surface area contributed by atoms with Crippen molar-refractivity contribution in [2.45, 2.75) is 16.8 Å². The number of aliphatic carboxylic acids is 1. The molecule has 0 aliphatic heterocycles. The van der Waals surface area contributed by atoms with Gasteiger partial charge in [-0.25, -0.2) is 0 Å². The Morgan fingerprint density at radius 3 is 2.41 bits per heavy atom. The Morgan fingerprint density at radius 2 is 1.82 bits per heavy atom. The summed E-state index contributed by atoms with van der Waals surface area (Å²) in [6.45, 7) is 0. The highest BCUT2D eigenvalue weighted by Gasteiger charge is 2.32. The lowest BCUT2D eigenvalue weighted by atomic mass is 9.94. The van der Waals surface area contributed by atoms with Gasteiger partial charge in [-0.05, 0) is 35.2 Å². The summed E-state index contributed by atoms with van der Waals surface area (Å²) in [5, 5.41) is 18.7. The molecule has 0 bridgehead atoms. The lowest BCUT2D eigenvalue weighted by molar-refractivity contribution is -0.138. The van der Waals surface area contributed by atoms with Gasteiger partial charge in [-0.2, -0.15) is 0 Å². The molecule has 0 unspecified atom stereocenters. The molecule has 0 heterocycles. The van der Waals surface area contributed by atoms with E-state index in [0.29, 0.717) is 16.7 Å². The zero-order valence-corrected chi connectivity index (χ0v) is 13.1. The average Bonchev–Trinajstić information content (AvgIpc) is 2.49. The molecule has 4 N–H and O–H groups in total. The zero-order valence-electron chi connectivity index (χ0n) is 11.5. The monoisotopic (exact) mass is 339 g/mol. The van der Waals surface area contributed by atoms with Gasteiger partial charge >= 0.3 is 5.97 Å². The van der Waals surface area contributed by atoms with Crippen LogP contribution in [0.25, 0.3) is 0 Å². The number of hydrogen-bond donors (Lipinski definition) is 3. The Kier molecular flexibility index (Phi) is 4.96. The smallest absolute Gasteiger partial charge is 0.320 e. The number of rotatable bonds is 5. The van der Waals surface area contributed by atoms with Crippen molar-refractivity contribution in [2.75, 3.05) is 0 Å². The summed E-state index contributed by atoms with van der Waals surface area (Å²) in [5.41, 5.74) is 7.20. The number of carboxylic acids is 1. The molecule has 0 saturated heterocycles. The summed E-state index contributed by atoms with van der Waals surface area (Å²) >= 11 is 13.0. The van der Waals surface area contributed by atoms with Crippen molar-refractivity contribution in [3.8, 4) is 5.75 Å². The molecule has 2 rings (SSSR count). The first kappa shape index (κ1) is 16.6. The van der Waals surface area contributed by atoms with Crippen LogP contribution in [0.5, 0.6) is 5.75 Å². The summed E-state index contributed by atoms with van der Waals surface area (Å²) in [6, 6.07) is 12.3. The Labute approximate surface area is 138 Å². The highest BCUT2D eigenvalue weighted by atomic mass is 35.5. The molecule has 22 heavy (non-hydrogen) atoms. The van der Waals surface area contributed by atoms with Gasteiger partial charge in [-0.15, -0.1) is 0 Å². The summed E-state index contributed by atoms with van der Waals surface area (Å²) in [4.78, 5) is 11.0. The molecule has 0 fully saturated rings. The summed E-state index contributed by atoms with van der Waals surface area (Å²) < 4.78 is -1.42. The molecular weight excluding hydrogens is 325 g/mol. The molecule has 0 spiro atoms.